The van der Waals surface area contributed by atoms with Gasteiger partial charge in [-0.25, -0.2) is 4.98 Å². The molecule has 0 saturated heterocycles. The predicted molar refractivity (Wildman–Crippen MR) is 110 cm³/mol. The normalized spacial score (nSPS) is 17.1. The minimum absolute atomic E-state index is 0.0938. The average molecular weight is 391 g/mol. The Morgan fingerprint density at radius 2 is 2.07 bits per heavy atom. The molecule has 1 N–H and O–H groups in total. The lowest BCUT2D eigenvalue weighted by Crippen LogP contribution is -2.41. The van der Waals surface area contributed by atoms with Gasteiger partial charge >= 0.3 is 0 Å². The molecule has 0 radical (unpaired) electrons. The molecule has 0 spiro atoms. The molecule has 3 aromatic rings. The van der Waals surface area contributed by atoms with Crippen LogP contribution in [-0.2, 0) is 6.54 Å². The summed E-state index contributed by atoms with van der Waals surface area (Å²) in [4.78, 5) is 16.9. The van der Waals surface area contributed by atoms with E-state index in [9.17, 15) is 4.79 Å². The first kappa shape index (κ1) is 19.1. The zero-order chi connectivity index (χ0) is 20.4. The van der Waals surface area contributed by atoms with Crippen molar-refractivity contribution in [3.05, 3.63) is 77.9 Å². The molecule has 4 rings (SSSR count). The second-order valence-electron chi connectivity index (χ2n) is 7.93. The van der Waals surface area contributed by atoms with Gasteiger partial charge < -0.3 is 19.4 Å². The van der Waals surface area contributed by atoms with Crippen molar-refractivity contribution in [2.24, 2.45) is 0 Å². The molecule has 6 nitrogen and oxygen atoms in total. The third kappa shape index (κ3) is 4.26. The number of nitrogens with zero attached hydrogens (tertiary/aromatic N) is 2. The van der Waals surface area contributed by atoms with Crippen LogP contribution in [0.15, 0.2) is 61.2 Å². The number of ether oxygens (including phenoxy) is 2. The number of hydrogen-bond acceptors (Lipinski definition) is 4. The van der Waals surface area contributed by atoms with E-state index in [2.05, 4.69) is 10.3 Å². The number of benzene rings is 2. The number of rotatable bonds is 5. The van der Waals surface area contributed by atoms with Gasteiger partial charge in [-0.05, 0) is 43.7 Å². The van der Waals surface area contributed by atoms with Gasteiger partial charge in [0.1, 0.15) is 17.1 Å². The van der Waals surface area contributed by atoms with Gasteiger partial charge in [-0.2, -0.15) is 0 Å². The molecular formula is C23H25N3O3. The van der Waals surface area contributed by atoms with E-state index >= 15 is 0 Å². The number of aromatic nitrogens is 2. The number of fused-ring (bicyclic) bond motifs is 1. The zero-order valence-electron chi connectivity index (χ0n) is 16.9. The minimum Gasteiger partial charge on any atom is -0.497 e. The smallest absolute Gasteiger partial charge is 0.251 e. The van der Waals surface area contributed by atoms with E-state index in [1.807, 2.05) is 67.1 Å². The molecule has 0 bridgehead atoms. The Bertz CT molecular complexity index is 995. The number of hydrogen-bond donors (Lipinski definition) is 1. The molecule has 0 saturated carbocycles. The van der Waals surface area contributed by atoms with Gasteiger partial charge in [-0.1, -0.05) is 12.1 Å². The lowest BCUT2D eigenvalue weighted by Gasteiger charge is -2.38. The molecule has 1 aromatic heterocycles. The van der Waals surface area contributed by atoms with Crippen LogP contribution in [0, 0.1) is 0 Å². The number of carbonyl (C=O) groups excluding carboxylic acids is 1. The van der Waals surface area contributed by atoms with Gasteiger partial charge in [0.2, 0.25) is 0 Å². The van der Waals surface area contributed by atoms with Crippen LogP contribution >= 0.6 is 0 Å². The number of amides is 1. The maximum absolute atomic E-state index is 12.9. The average Bonchev–Trinajstić information content (AvgIpc) is 3.20. The summed E-state index contributed by atoms with van der Waals surface area (Å²) in [6.45, 7) is 4.78. The Hall–Kier alpha value is -3.28. The minimum atomic E-state index is -0.383. The summed E-state index contributed by atoms with van der Waals surface area (Å²) in [5.41, 5.74) is 2.34. The highest BCUT2D eigenvalue weighted by molar-refractivity contribution is 5.94. The first-order valence-electron chi connectivity index (χ1n) is 9.66. The second-order valence-corrected chi connectivity index (χ2v) is 7.93. The van der Waals surface area contributed by atoms with Crippen molar-refractivity contribution in [1.82, 2.24) is 14.9 Å². The van der Waals surface area contributed by atoms with Crippen LogP contribution < -0.4 is 14.8 Å². The van der Waals surface area contributed by atoms with Gasteiger partial charge in [0.15, 0.2) is 0 Å². The SMILES string of the molecule is COc1ccc2c(c1)OC(C)(C)C[C@H]2NC(=O)c1ccc(Cn2ccnc2)cc1. The molecule has 1 amide bonds. The fourth-order valence-electron chi connectivity index (χ4n) is 3.68. The van der Waals surface area contributed by atoms with Gasteiger partial charge in [0.05, 0.1) is 19.5 Å². The molecule has 0 aliphatic carbocycles. The molecule has 0 unspecified atom stereocenters. The number of carbonyl (C=O) groups is 1. The fraction of sp³-hybridized carbons (Fsp3) is 0.304. The van der Waals surface area contributed by atoms with Gasteiger partial charge in [0, 0.05) is 42.6 Å². The lowest BCUT2D eigenvalue weighted by molar-refractivity contribution is 0.0617. The summed E-state index contributed by atoms with van der Waals surface area (Å²) in [6.07, 6.45) is 6.14. The highest BCUT2D eigenvalue weighted by Crippen LogP contribution is 2.41. The number of nitrogens with one attached hydrogen (secondary N) is 1. The molecule has 0 fully saturated rings. The van der Waals surface area contributed by atoms with Crippen molar-refractivity contribution in [1.29, 1.82) is 0 Å². The summed E-state index contributed by atoms with van der Waals surface area (Å²) in [6, 6.07) is 13.3. The third-order valence-electron chi connectivity index (χ3n) is 5.12. The Morgan fingerprint density at radius 3 is 2.76 bits per heavy atom. The molecular weight excluding hydrogens is 366 g/mol. The lowest BCUT2D eigenvalue weighted by atomic mass is 9.89. The van der Waals surface area contributed by atoms with Crippen molar-refractivity contribution in [3.8, 4) is 11.5 Å². The second kappa shape index (κ2) is 7.62. The summed E-state index contributed by atoms with van der Waals surface area (Å²) in [7, 11) is 1.63. The highest BCUT2D eigenvalue weighted by Gasteiger charge is 2.35. The maximum Gasteiger partial charge on any atom is 0.251 e. The van der Waals surface area contributed by atoms with E-state index in [4.69, 9.17) is 9.47 Å². The van der Waals surface area contributed by atoms with Gasteiger partial charge in [-0.3, -0.25) is 4.79 Å². The van der Waals surface area contributed by atoms with E-state index in [1.54, 1.807) is 19.6 Å². The Kier molecular flexibility index (Phi) is 5.01. The van der Waals surface area contributed by atoms with Gasteiger partial charge in [0.25, 0.3) is 5.91 Å². The largest absolute Gasteiger partial charge is 0.497 e. The topological polar surface area (TPSA) is 65.4 Å². The van der Waals surface area contributed by atoms with E-state index in [0.29, 0.717) is 12.0 Å². The Labute approximate surface area is 170 Å². The summed E-state index contributed by atoms with van der Waals surface area (Å²) >= 11 is 0. The summed E-state index contributed by atoms with van der Waals surface area (Å²) < 4.78 is 13.4. The van der Waals surface area contributed by atoms with E-state index < -0.39 is 0 Å². The molecule has 2 aromatic carbocycles. The van der Waals surface area contributed by atoms with Crippen molar-refractivity contribution in [2.45, 2.75) is 38.5 Å². The van der Waals surface area contributed by atoms with Crippen molar-refractivity contribution in [2.75, 3.05) is 7.11 Å². The van der Waals surface area contributed by atoms with Crippen LogP contribution in [0.4, 0.5) is 0 Å². The van der Waals surface area contributed by atoms with Crippen LogP contribution in [0.3, 0.4) is 0 Å². The number of imidazole rings is 1. The number of methoxy groups -OCH3 is 1. The molecule has 2 heterocycles. The first-order chi connectivity index (χ1) is 13.9. The van der Waals surface area contributed by atoms with Crippen molar-refractivity contribution in [3.63, 3.8) is 0 Å². The maximum atomic E-state index is 12.9. The van der Waals surface area contributed by atoms with Crippen molar-refractivity contribution < 1.29 is 14.3 Å². The van der Waals surface area contributed by atoms with E-state index in [1.165, 1.54) is 0 Å². The molecule has 29 heavy (non-hydrogen) atoms. The fourth-order valence-corrected chi connectivity index (χ4v) is 3.68. The summed E-state index contributed by atoms with van der Waals surface area (Å²) in [5, 5.41) is 3.17. The van der Waals surface area contributed by atoms with Gasteiger partial charge in [-0.15, -0.1) is 0 Å². The molecule has 1 aliphatic heterocycles. The van der Waals surface area contributed by atoms with Crippen LogP contribution in [-0.4, -0.2) is 28.2 Å². The van der Waals surface area contributed by atoms with Crippen LogP contribution in [0.1, 0.15) is 47.8 Å². The molecule has 1 atom stereocenters. The quantitative estimate of drug-likeness (QED) is 0.715. The standard InChI is InChI=1S/C23H25N3O3/c1-23(2)13-20(19-9-8-18(28-3)12-21(19)29-23)25-22(27)17-6-4-16(5-7-17)14-26-11-10-24-15-26/h4-12,15,20H,13-14H2,1-3H3,(H,25,27)/t20-/m1/s1. The first-order valence-corrected chi connectivity index (χ1v) is 9.66. The monoisotopic (exact) mass is 391 g/mol. The van der Waals surface area contributed by atoms with E-state index in [0.717, 1.165) is 29.2 Å². The van der Waals surface area contributed by atoms with Crippen LogP contribution in [0.5, 0.6) is 11.5 Å². The van der Waals surface area contributed by atoms with Crippen molar-refractivity contribution >= 4 is 5.91 Å². The third-order valence-corrected chi connectivity index (χ3v) is 5.12. The molecule has 6 heteroatoms. The molecule has 1 aliphatic rings. The highest BCUT2D eigenvalue weighted by atomic mass is 16.5. The zero-order valence-corrected chi connectivity index (χ0v) is 16.9. The Morgan fingerprint density at radius 1 is 1.28 bits per heavy atom. The Balaban J connectivity index is 1.50. The molecule has 150 valence electrons. The summed E-state index contributed by atoms with van der Waals surface area (Å²) in [5.74, 6) is 1.39. The van der Waals surface area contributed by atoms with Crippen LogP contribution in [0.2, 0.25) is 0 Å². The van der Waals surface area contributed by atoms with Crippen LogP contribution in [0.25, 0.3) is 0 Å². The predicted octanol–water partition coefficient (Wildman–Crippen LogP) is 3.97. The van der Waals surface area contributed by atoms with E-state index in [-0.39, 0.29) is 17.6 Å².